The Balaban J connectivity index is 3.17. The molecule has 5 nitrogen and oxygen atoms in total. The molecule has 0 saturated carbocycles. The van der Waals surface area contributed by atoms with E-state index in [1.807, 2.05) is 14.1 Å². The van der Waals surface area contributed by atoms with Crippen molar-refractivity contribution in [2.24, 2.45) is 0 Å². The van der Waals surface area contributed by atoms with Crippen molar-refractivity contribution in [2.45, 2.75) is 0 Å². The van der Waals surface area contributed by atoms with Gasteiger partial charge in [-0.3, -0.25) is 10.1 Å². The lowest BCUT2D eigenvalue weighted by Gasteiger charge is -2.04. The Hall–Kier alpha value is -2.04. The number of nitrogen functional groups attached to an aromatic ring is 1. The highest BCUT2D eigenvalue weighted by Crippen LogP contribution is 2.26. The molecular weight excluding hydrogens is 194 g/mol. The molecular formula is C10H13N3O2. The molecule has 0 spiro atoms. The van der Waals surface area contributed by atoms with Crippen LogP contribution in [0.2, 0.25) is 0 Å². The van der Waals surface area contributed by atoms with Gasteiger partial charge < -0.3 is 10.6 Å². The number of rotatable bonds is 3. The fourth-order valence-electron chi connectivity index (χ4n) is 1.15. The lowest BCUT2D eigenvalue weighted by molar-refractivity contribution is -0.384. The van der Waals surface area contributed by atoms with Crippen molar-refractivity contribution < 1.29 is 4.92 Å². The summed E-state index contributed by atoms with van der Waals surface area (Å²) >= 11 is 0. The zero-order chi connectivity index (χ0) is 11.4. The first-order chi connectivity index (χ1) is 7.02. The van der Waals surface area contributed by atoms with Crippen LogP contribution < -0.4 is 5.73 Å². The van der Waals surface area contributed by atoms with Crippen LogP contribution in [0, 0.1) is 10.1 Å². The van der Waals surface area contributed by atoms with Crippen LogP contribution >= 0.6 is 0 Å². The SMILES string of the molecule is CN(C)/C=C/c1cccc(N)c1[N+](=O)[O-]. The molecule has 0 aromatic heterocycles. The van der Waals surface area contributed by atoms with Crippen LogP contribution in [0.15, 0.2) is 24.4 Å². The molecule has 0 aliphatic heterocycles. The molecule has 0 amide bonds. The molecule has 0 aliphatic carbocycles. The Kier molecular flexibility index (Phi) is 3.28. The van der Waals surface area contributed by atoms with Gasteiger partial charge in [0, 0.05) is 14.1 Å². The highest BCUT2D eigenvalue weighted by atomic mass is 16.6. The third kappa shape index (κ3) is 2.70. The molecule has 2 N–H and O–H groups in total. The van der Waals surface area contributed by atoms with Gasteiger partial charge in [0.2, 0.25) is 0 Å². The molecule has 0 radical (unpaired) electrons. The lowest BCUT2D eigenvalue weighted by Crippen LogP contribution is -2.01. The lowest BCUT2D eigenvalue weighted by atomic mass is 10.1. The highest BCUT2D eigenvalue weighted by Gasteiger charge is 2.15. The summed E-state index contributed by atoms with van der Waals surface area (Å²) in [5, 5.41) is 10.8. The third-order valence-corrected chi connectivity index (χ3v) is 1.83. The number of hydrogen-bond donors (Lipinski definition) is 1. The Morgan fingerprint density at radius 1 is 1.47 bits per heavy atom. The van der Waals surface area contributed by atoms with Gasteiger partial charge in [-0.2, -0.15) is 0 Å². The van der Waals surface area contributed by atoms with Crippen molar-refractivity contribution in [2.75, 3.05) is 19.8 Å². The van der Waals surface area contributed by atoms with Crippen LogP contribution in [0.4, 0.5) is 11.4 Å². The first-order valence-electron chi connectivity index (χ1n) is 4.40. The van der Waals surface area contributed by atoms with Gasteiger partial charge in [0.25, 0.3) is 5.69 Å². The summed E-state index contributed by atoms with van der Waals surface area (Å²) in [5.74, 6) is 0. The largest absolute Gasteiger partial charge is 0.393 e. The summed E-state index contributed by atoms with van der Waals surface area (Å²) in [4.78, 5) is 12.1. The first-order valence-corrected chi connectivity index (χ1v) is 4.40. The molecule has 1 aromatic carbocycles. The van der Waals surface area contributed by atoms with E-state index < -0.39 is 4.92 Å². The molecule has 0 heterocycles. The minimum Gasteiger partial charge on any atom is -0.393 e. The van der Waals surface area contributed by atoms with Gasteiger partial charge in [0.1, 0.15) is 5.69 Å². The maximum Gasteiger partial charge on any atom is 0.299 e. The number of hydrogen-bond acceptors (Lipinski definition) is 4. The monoisotopic (exact) mass is 207 g/mol. The van der Waals surface area contributed by atoms with Crippen LogP contribution in [-0.2, 0) is 0 Å². The highest BCUT2D eigenvalue weighted by molar-refractivity contribution is 5.71. The molecule has 0 bridgehead atoms. The van der Waals surface area contributed by atoms with E-state index in [1.54, 1.807) is 29.3 Å². The summed E-state index contributed by atoms with van der Waals surface area (Å²) in [7, 11) is 3.68. The van der Waals surface area contributed by atoms with E-state index in [0.29, 0.717) is 5.56 Å². The van der Waals surface area contributed by atoms with E-state index in [2.05, 4.69) is 0 Å². The molecule has 1 rings (SSSR count). The smallest absolute Gasteiger partial charge is 0.299 e. The number of nitrogens with two attached hydrogens (primary N) is 1. The standard InChI is InChI=1S/C10H13N3O2/c1-12(2)7-6-8-4-3-5-9(11)10(8)13(14)15/h3-7H,11H2,1-2H3/b7-6+. The van der Waals surface area contributed by atoms with Crippen molar-refractivity contribution >= 4 is 17.5 Å². The van der Waals surface area contributed by atoms with Gasteiger partial charge in [-0.1, -0.05) is 6.07 Å². The molecule has 0 unspecified atom stereocenters. The van der Waals surface area contributed by atoms with Gasteiger partial charge in [0.15, 0.2) is 0 Å². The second-order valence-corrected chi connectivity index (χ2v) is 3.32. The predicted molar refractivity (Wildman–Crippen MR) is 60.2 cm³/mol. The van der Waals surface area contributed by atoms with E-state index in [-0.39, 0.29) is 11.4 Å². The average molecular weight is 207 g/mol. The topological polar surface area (TPSA) is 72.4 Å². The zero-order valence-corrected chi connectivity index (χ0v) is 8.68. The van der Waals surface area contributed by atoms with Gasteiger partial charge in [0.05, 0.1) is 10.5 Å². The van der Waals surface area contributed by atoms with E-state index in [9.17, 15) is 10.1 Å². The van der Waals surface area contributed by atoms with Crippen molar-refractivity contribution in [1.82, 2.24) is 4.90 Å². The number of benzene rings is 1. The number of nitro benzene ring substituents is 1. The molecule has 0 fully saturated rings. The summed E-state index contributed by atoms with van der Waals surface area (Å²) in [6.45, 7) is 0. The fourth-order valence-corrected chi connectivity index (χ4v) is 1.15. The van der Waals surface area contributed by atoms with Crippen molar-refractivity contribution in [3.8, 4) is 0 Å². The van der Waals surface area contributed by atoms with Crippen molar-refractivity contribution in [1.29, 1.82) is 0 Å². The molecule has 15 heavy (non-hydrogen) atoms. The van der Waals surface area contributed by atoms with Gasteiger partial charge in [-0.25, -0.2) is 0 Å². The van der Waals surface area contributed by atoms with Crippen molar-refractivity contribution in [3.63, 3.8) is 0 Å². The second-order valence-electron chi connectivity index (χ2n) is 3.32. The predicted octanol–water partition coefficient (Wildman–Crippen LogP) is 1.71. The zero-order valence-electron chi connectivity index (χ0n) is 8.68. The Bertz CT molecular complexity index is 400. The summed E-state index contributed by atoms with van der Waals surface area (Å²) in [6, 6.07) is 4.87. The summed E-state index contributed by atoms with van der Waals surface area (Å²) < 4.78 is 0. The summed E-state index contributed by atoms with van der Waals surface area (Å²) in [5.41, 5.74) is 6.18. The Morgan fingerprint density at radius 2 is 2.13 bits per heavy atom. The first kappa shape index (κ1) is 11.0. The molecule has 0 saturated heterocycles. The van der Waals surface area contributed by atoms with E-state index in [1.165, 1.54) is 6.07 Å². The normalized spacial score (nSPS) is 10.5. The fraction of sp³-hybridized carbons (Fsp3) is 0.200. The maximum atomic E-state index is 10.8. The second kappa shape index (κ2) is 4.45. The minimum atomic E-state index is -0.468. The quantitative estimate of drug-likeness (QED) is 0.465. The van der Waals surface area contributed by atoms with Crippen molar-refractivity contribution in [3.05, 3.63) is 40.1 Å². The van der Waals surface area contributed by atoms with E-state index >= 15 is 0 Å². The average Bonchev–Trinajstić information content (AvgIpc) is 2.13. The summed E-state index contributed by atoms with van der Waals surface area (Å²) in [6.07, 6.45) is 3.40. The molecule has 0 aliphatic rings. The van der Waals surface area contributed by atoms with Crippen LogP contribution in [0.5, 0.6) is 0 Å². The maximum absolute atomic E-state index is 10.8. The number of para-hydroxylation sites is 1. The number of nitrogens with zero attached hydrogens (tertiary/aromatic N) is 2. The van der Waals surface area contributed by atoms with Crippen LogP contribution in [-0.4, -0.2) is 23.9 Å². The van der Waals surface area contributed by atoms with Crippen LogP contribution in [0.1, 0.15) is 5.56 Å². The minimum absolute atomic E-state index is 0.0457. The Morgan fingerprint density at radius 3 is 2.67 bits per heavy atom. The number of nitro groups is 1. The molecule has 0 atom stereocenters. The molecule has 1 aromatic rings. The number of anilines is 1. The van der Waals surface area contributed by atoms with Crippen LogP contribution in [0.3, 0.4) is 0 Å². The third-order valence-electron chi connectivity index (χ3n) is 1.83. The van der Waals surface area contributed by atoms with Gasteiger partial charge in [-0.15, -0.1) is 0 Å². The van der Waals surface area contributed by atoms with Gasteiger partial charge >= 0.3 is 0 Å². The van der Waals surface area contributed by atoms with Gasteiger partial charge in [-0.05, 0) is 24.4 Å². The molecule has 80 valence electrons. The van der Waals surface area contributed by atoms with E-state index in [4.69, 9.17) is 5.73 Å². The molecule has 5 heteroatoms. The Labute approximate surface area is 88.0 Å². The van der Waals surface area contributed by atoms with Crippen LogP contribution in [0.25, 0.3) is 6.08 Å². The van der Waals surface area contributed by atoms with E-state index in [0.717, 1.165) is 0 Å².